The van der Waals surface area contributed by atoms with Crippen LogP contribution < -0.4 is 10.6 Å². The molecule has 9 nitrogen and oxygen atoms in total. The van der Waals surface area contributed by atoms with Crippen LogP contribution in [-0.2, 0) is 11.3 Å². The molecular formula is C21H25N7O2. The summed E-state index contributed by atoms with van der Waals surface area (Å²) < 4.78 is 7.13. The molecule has 3 aromatic rings. The van der Waals surface area contributed by atoms with Crippen molar-refractivity contribution < 1.29 is 9.53 Å². The van der Waals surface area contributed by atoms with Crippen LogP contribution in [0.1, 0.15) is 40.2 Å². The monoisotopic (exact) mass is 407 g/mol. The fourth-order valence-electron chi connectivity index (χ4n) is 3.21. The van der Waals surface area contributed by atoms with Crippen LogP contribution in [0.15, 0.2) is 37.1 Å². The van der Waals surface area contributed by atoms with Gasteiger partial charge in [0.2, 0.25) is 5.95 Å². The lowest BCUT2D eigenvalue weighted by molar-refractivity contribution is 0.0903. The lowest BCUT2D eigenvalue weighted by Gasteiger charge is -2.23. The lowest BCUT2D eigenvalue weighted by atomic mass is 10.1. The third-order valence-electron chi connectivity index (χ3n) is 4.96. The normalized spacial score (nSPS) is 14.5. The van der Waals surface area contributed by atoms with Crippen LogP contribution in [0.25, 0.3) is 5.82 Å². The number of ether oxygens (including phenoxy) is 1. The van der Waals surface area contributed by atoms with Crippen molar-refractivity contribution in [2.24, 2.45) is 0 Å². The van der Waals surface area contributed by atoms with Gasteiger partial charge in [-0.15, -0.1) is 0 Å². The second kappa shape index (κ2) is 9.00. The Morgan fingerprint density at radius 2 is 2.00 bits per heavy atom. The van der Waals surface area contributed by atoms with E-state index in [0.717, 1.165) is 42.9 Å². The maximum Gasteiger partial charge on any atom is 0.271 e. The molecule has 156 valence electrons. The van der Waals surface area contributed by atoms with Gasteiger partial charge in [-0.3, -0.25) is 14.3 Å². The van der Waals surface area contributed by atoms with Gasteiger partial charge in [-0.05, 0) is 38.3 Å². The average Bonchev–Trinajstić information content (AvgIpc) is 3.25. The molecule has 0 unspecified atom stereocenters. The fraction of sp³-hybridized carbons (Fsp3) is 0.381. The van der Waals surface area contributed by atoms with Crippen LogP contribution in [0.2, 0.25) is 0 Å². The van der Waals surface area contributed by atoms with Crippen molar-refractivity contribution in [1.29, 1.82) is 0 Å². The zero-order valence-electron chi connectivity index (χ0n) is 17.1. The number of anilines is 1. The molecule has 0 aliphatic carbocycles. The number of nitrogens with one attached hydrogen (secondary N) is 2. The molecule has 0 radical (unpaired) electrons. The maximum atomic E-state index is 12.5. The Balaban J connectivity index is 1.44. The first kappa shape index (κ1) is 20.0. The molecule has 0 atom stereocenters. The van der Waals surface area contributed by atoms with Crippen molar-refractivity contribution in [3.05, 3.63) is 59.6 Å². The number of imidazole rings is 1. The largest absolute Gasteiger partial charge is 0.381 e. The molecule has 30 heavy (non-hydrogen) atoms. The standard InChI is InChI=1S/C21H25N7O2/c1-14-3-4-17(22-9-14)11-23-20(29)18-12-28(13-25-18)19-15(2)10-24-21(27-19)26-16-5-7-30-8-6-16/h3-4,9-10,12-13,16H,5-8,11H2,1-2H3,(H,23,29)(H,24,26,27). The first-order valence-electron chi connectivity index (χ1n) is 10.0. The van der Waals surface area contributed by atoms with E-state index in [2.05, 4.69) is 30.6 Å². The minimum atomic E-state index is -0.261. The molecule has 0 aromatic carbocycles. The van der Waals surface area contributed by atoms with Crippen molar-refractivity contribution >= 4 is 11.9 Å². The number of carbonyl (C=O) groups is 1. The maximum absolute atomic E-state index is 12.5. The molecule has 0 bridgehead atoms. The van der Waals surface area contributed by atoms with E-state index in [1.54, 1.807) is 29.5 Å². The summed E-state index contributed by atoms with van der Waals surface area (Å²) in [6.45, 7) is 5.73. The van der Waals surface area contributed by atoms with Crippen LogP contribution >= 0.6 is 0 Å². The zero-order valence-corrected chi connectivity index (χ0v) is 17.1. The Labute approximate surface area is 174 Å². The fourth-order valence-corrected chi connectivity index (χ4v) is 3.21. The number of aromatic nitrogens is 5. The van der Waals surface area contributed by atoms with Gasteiger partial charge in [0.05, 0.1) is 12.2 Å². The average molecular weight is 407 g/mol. The number of hydrogen-bond donors (Lipinski definition) is 2. The molecule has 1 saturated heterocycles. The number of pyridine rings is 1. The third kappa shape index (κ3) is 4.80. The van der Waals surface area contributed by atoms with E-state index >= 15 is 0 Å². The molecule has 1 aliphatic heterocycles. The first-order chi connectivity index (χ1) is 14.6. The van der Waals surface area contributed by atoms with E-state index in [-0.39, 0.29) is 5.91 Å². The molecule has 1 fully saturated rings. The quantitative estimate of drug-likeness (QED) is 0.645. The summed E-state index contributed by atoms with van der Waals surface area (Å²) in [7, 11) is 0. The minimum Gasteiger partial charge on any atom is -0.381 e. The van der Waals surface area contributed by atoms with Gasteiger partial charge in [-0.25, -0.2) is 9.97 Å². The van der Waals surface area contributed by atoms with E-state index in [1.807, 2.05) is 26.0 Å². The van der Waals surface area contributed by atoms with Gasteiger partial charge >= 0.3 is 0 Å². The summed E-state index contributed by atoms with van der Waals surface area (Å²) in [5.74, 6) is 0.988. The molecule has 2 N–H and O–H groups in total. The molecule has 1 aliphatic rings. The van der Waals surface area contributed by atoms with Crippen molar-refractivity contribution in [3.63, 3.8) is 0 Å². The minimum absolute atomic E-state index is 0.261. The van der Waals surface area contributed by atoms with Crippen LogP contribution in [0, 0.1) is 13.8 Å². The third-order valence-corrected chi connectivity index (χ3v) is 4.96. The van der Waals surface area contributed by atoms with E-state index < -0.39 is 0 Å². The number of carbonyl (C=O) groups excluding carboxylic acids is 1. The second-order valence-corrected chi connectivity index (χ2v) is 7.41. The van der Waals surface area contributed by atoms with Gasteiger partial charge in [0.1, 0.15) is 17.8 Å². The molecule has 3 aromatic heterocycles. The second-order valence-electron chi connectivity index (χ2n) is 7.41. The highest BCUT2D eigenvalue weighted by molar-refractivity contribution is 5.92. The number of nitrogens with zero attached hydrogens (tertiary/aromatic N) is 5. The number of rotatable bonds is 6. The Kier molecular flexibility index (Phi) is 5.99. The van der Waals surface area contributed by atoms with Crippen LogP contribution in [0.4, 0.5) is 5.95 Å². The predicted octanol–water partition coefficient (Wildman–Crippen LogP) is 2.20. The Morgan fingerprint density at radius 1 is 1.17 bits per heavy atom. The Hall–Kier alpha value is -3.33. The van der Waals surface area contributed by atoms with Crippen molar-refractivity contribution in [1.82, 2.24) is 29.8 Å². The zero-order chi connectivity index (χ0) is 20.9. The van der Waals surface area contributed by atoms with Crippen molar-refractivity contribution in [3.8, 4) is 5.82 Å². The highest BCUT2D eigenvalue weighted by Crippen LogP contribution is 2.16. The van der Waals surface area contributed by atoms with Gasteiger partial charge in [0, 0.05) is 43.4 Å². The van der Waals surface area contributed by atoms with Crippen LogP contribution in [0.3, 0.4) is 0 Å². The summed E-state index contributed by atoms with van der Waals surface area (Å²) >= 11 is 0. The Bertz CT molecular complexity index is 1010. The summed E-state index contributed by atoms with van der Waals surface area (Å²) in [5.41, 5.74) is 3.08. The molecular weight excluding hydrogens is 382 g/mol. The topological polar surface area (TPSA) is 107 Å². The highest BCUT2D eigenvalue weighted by atomic mass is 16.5. The van der Waals surface area contributed by atoms with Crippen LogP contribution in [-0.4, -0.2) is 49.7 Å². The van der Waals surface area contributed by atoms with Crippen molar-refractivity contribution in [2.75, 3.05) is 18.5 Å². The van der Waals surface area contributed by atoms with Crippen molar-refractivity contribution in [2.45, 2.75) is 39.3 Å². The van der Waals surface area contributed by atoms with Gasteiger partial charge in [-0.2, -0.15) is 4.98 Å². The van der Waals surface area contributed by atoms with Gasteiger partial charge < -0.3 is 15.4 Å². The van der Waals surface area contributed by atoms with E-state index in [9.17, 15) is 4.79 Å². The summed E-state index contributed by atoms with van der Waals surface area (Å²) in [6.07, 6.45) is 8.67. The molecule has 1 amide bonds. The van der Waals surface area contributed by atoms with Crippen LogP contribution in [0.5, 0.6) is 0 Å². The molecule has 9 heteroatoms. The highest BCUT2D eigenvalue weighted by Gasteiger charge is 2.16. The van der Waals surface area contributed by atoms with E-state index in [1.165, 1.54) is 0 Å². The summed E-state index contributed by atoms with van der Waals surface area (Å²) in [5, 5.41) is 6.21. The summed E-state index contributed by atoms with van der Waals surface area (Å²) in [6, 6.07) is 4.16. The molecule has 0 spiro atoms. The molecule has 4 rings (SSSR count). The molecule has 0 saturated carbocycles. The molecule has 4 heterocycles. The smallest absolute Gasteiger partial charge is 0.271 e. The Morgan fingerprint density at radius 3 is 2.77 bits per heavy atom. The first-order valence-corrected chi connectivity index (χ1v) is 10.0. The lowest BCUT2D eigenvalue weighted by Crippen LogP contribution is -2.28. The van der Waals surface area contributed by atoms with E-state index in [4.69, 9.17) is 4.74 Å². The van der Waals surface area contributed by atoms with Gasteiger partial charge in [0.15, 0.2) is 0 Å². The SMILES string of the molecule is Cc1ccc(CNC(=O)c2cn(-c3nc(NC4CCOCC4)ncc3C)cn2)nc1. The number of aryl methyl sites for hydroxylation is 2. The van der Waals surface area contributed by atoms with Gasteiger partial charge in [0.25, 0.3) is 5.91 Å². The number of amides is 1. The number of hydrogen-bond acceptors (Lipinski definition) is 7. The summed E-state index contributed by atoms with van der Waals surface area (Å²) in [4.78, 5) is 30.0. The predicted molar refractivity (Wildman–Crippen MR) is 111 cm³/mol. The van der Waals surface area contributed by atoms with E-state index in [0.29, 0.717) is 30.0 Å². The van der Waals surface area contributed by atoms with Gasteiger partial charge in [-0.1, -0.05) is 6.07 Å².